The molecule has 290 valence electrons. The zero-order valence-electron chi connectivity index (χ0n) is 30.2. The number of aliphatic hydroxyl groups is 6. The summed E-state index contributed by atoms with van der Waals surface area (Å²) in [4.78, 5) is 23.1. The van der Waals surface area contributed by atoms with Crippen LogP contribution in [0.1, 0.15) is 155 Å². The van der Waals surface area contributed by atoms with Crippen molar-refractivity contribution in [2.45, 2.75) is 204 Å². The number of unbranched alkanes of at least 4 members (excludes halogenated alkanes) is 19. The van der Waals surface area contributed by atoms with Gasteiger partial charge in [-0.15, -0.1) is 0 Å². The smallest absolute Gasteiger partial charge is 0.387 e. The van der Waals surface area contributed by atoms with Gasteiger partial charge in [-0.05, 0) is 19.3 Å². The minimum atomic E-state index is -5.06. The van der Waals surface area contributed by atoms with E-state index in [2.05, 4.69) is 19.2 Å². The van der Waals surface area contributed by atoms with Crippen LogP contribution < -0.4 is 5.32 Å². The molecule has 0 aromatic rings. The van der Waals surface area contributed by atoms with Gasteiger partial charge in [0, 0.05) is 6.42 Å². The summed E-state index contributed by atoms with van der Waals surface area (Å²) in [5.41, 5.74) is 0. The average Bonchev–Trinajstić information content (AvgIpc) is 3.08. The summed E-state index contributed by atoms with van der Waals surface area (Å²) in [6.45, 7) is 3.76. The van der Waals surface area contributed by atoms with E-state index in [4.69, 9.17) is 9.05 Å². The highest BCUT2D eigenvalue weighted by atomic mass is 31.2. The highest BCUT2D eigenvalue weighted by Crippen LogP contribution is 2.47. The number of carbonyl (C=O) groups excluding carboxylic acids is 1. The van der Waals surface area contributed by atoms with Crippen molar-refractivity contribution in [2.75, 3.05) is 6.61 Å². The predicted octanol–water partition coefficient (Wildman–Crippen LogP) is 5.33. The number of aliphatic hydroxyl groups excluding tert-OH is 6. The Balaban J connectivity index is 2.60. The van der Waals surface area contributed by atoms with Gasteiger partial charge in [-0.3, -0.25) is 13.8 Å². The topological polar surface area (TPSA) is 206 Å². The van der Waals surface area contributed by atoms with Gasteiger partial charge in [0.15, 0.2) is 0 Å². The Labute approximate surface area is 295 Å². The molecule has 0 aliphatic heterocycles. The molecule has 0 aromatic heterocycles. The van der Waals surface area contributed by atoms with Crippen LogP contribution in [0.2, 0.25) is 0 Å². The molecule has 49 heavy (non-hydrogen) atoms. The second-order valence-corrected chi connectivity index (χ2v) is 15.2. The zero-order chi connectivity index (χ0) is 36.5. The quantitative estimate of drug-likeness (QED) is 0.0270. The van der Waals surface area contributed by atoms with E-state index in [1.54, 1.807) is 0 Å². The lowest BCUT2D eigenvalue weighted by atomic mass is 9.85. The molecule has 0 heterocycles. The molecular formula is C36H70NO11P. The van der Waals surface area contributed by atoms with Crippen molar-refractivity contribution in [3.63, 3.8) is 0 Å². The summed E-state index contributed by atoms with van der Waals surface area (Å²) in [7, 11) is -5.06. The van der Waals surface area contributed by atoms with Gasteiger partial charge >= 0.3 is 7.82 Å². The summed E-state index contributed by atoms with van der Waals surface area (Å²) in [6.07, 6.45) is 14.6. The lowest BCUT2D eigenvalue weighted by Gasteiger charge is -2.41. The number of phosphoric acid groups is 1. The van der Waals surface area contributed by atoms with Crippen LogP contribution in [0, 0.1) is 0 Å². The van der Waals surface area contributed by atoms with Gasteiger partial charge in [-0.2, -0.15) is 0 Å². The van der Waals surface area contributed by atoms with Crippen LogP contribution >= 0.6 is 7.82 Å². The Morgan fingerprint density at radius 3 is 1.55 bits per heavy atom. The SMILES string of the molecule is CCCCCCCCCCCCCC/C=C/[C@@H](O)[C@H](COP(=O)(O)OC1C(O)C(O)C(O)[C@@H](O)C1O)NC(=O)CCCCCCCCCC. The zero-order valence-corrected chi connectivity index (χ0v) is 31.1. The molecule has 1 fully saturated rings. The van der Waals surface area contributed by atoms with Crippen LogP contribution in [-0.2, 0) is 18.4 Å². The summed E-state index contributed by atoms with van der Waals surface area (Å²) >= 11 is 0. The van der Waals surface area contributed by atoms with Crippen molar-refractivity contribution < 1.29 is 53.9 Å². The number of nitrogens with one attached hydrogen (secondary N) is 1. The number of amides is 1. The average molecular weight is 724 g/mol. The van der Waals surface area contributed by atoms with E-state index < -0.39 is 63.2 Å². The van der Waals surface area contributed by atoms with Gasteiger partial charge in [-0.1, -0.05) is 142 Å². The van der Waals surface area contributed by atoms with Gasteiger partial charge in [0.05, 0.1) is 18.8 Å². The van der Waals surface area contributed by atoms with E-state index in [9.17, 15) is 44.9 Å². The molecule has 0 aromatic carbocycles. The standard InChI is InChI=1S/C36H70NO11P/c1-3-5-7-9-11-13-14-15-16-17-18-19-21-23-25-29(38)28(37-30(39)26-24-22-20-12-10-8-6-4-2)27-47-49(45,46)48-36-34(43)32(41)31(40)33(42)35(36)44/h23,25,28-29,31-36,38,40-44H,3-22,24,26-27H2,1-2H3,(H,37,39)(H,45,46)/b25-23+/t28-,29+,31?,32+,33?,34?,35?,36?/m0/s1. The first kappa shape index (κ1) is 46.1. The molecule has 9 atom stereocenters. The summed E-state index contributed by atoms with van der Waals surface area (Å²) < 4.78 is 22.7. The maximum atomic E-state index is 12.8. The van der Waals surface area contributed by atoms with Crippen molar-refractivity contribution >= 4 is 13.7 Å². The van der Waals surface area contributed by atoms with Crippen molar-refractivity contribution in [3.8, 4) is 0 Å². The van der Waals surface area contributed by atoms with Gasteiger partial charge < -0.3 is 40.8 Å². The van der Waals surface area contributed by atoms with Gasteiger partial charge in [0.25, 0.3) is 0 Å². The van der Waals surface area contributed by atoms with E-state index in [-0.39, 0.29) is 12.3 Å². The minimum Gasteiger partial charge on any atom is -0.387 e. The van der Waals surface area contributed by atoms with Crippen LogP contribution in [0.4, 0.5) is 0 Å². The normalized spacial score (nSPS) is 25.3. The van der Waals surface area contributed by atoms with E-state index in [1.165, 1.54) is 89.5 Å². The van der Waals surface area contributed by atoms with Crippen molar-refractivity contribution in [1.29, 1.82) is 0 Å². The maximum Gasteiger partial charge on any atom is 0.472 e. The molecular weight excluding hydrogens is 653 g/mol. The van der Waals surface area contributed by atoms with Crippen molar-refractivity contribution in [1.82, 2.24) is 5.32 Å². The molecule has 1 saturated carbocycles. The lowest BCUT2D eigenvalue weighted by molar-refractivity contribution is -0.220. The fraction of sp³-hybridized carbons (Fsp3) is 0.917. The number of hydrogen-bond acceptors (Lipinski definition) is 10. The first-order valence-corrected chi connectivity index (χ1v) is 20.6. The molecule has 12 nitrogen and oxygen atoms in total. The van der Waals surface area contributed by atoms with Crippen LogP contribution in [0.25, 0.3) is 0 Å². The monoisotopic (exact) mass is 723 g/mol. The number of allylic oxidation sites excluding steroid dienone is 1. The molecule has 1 aliphatic carbocycles. The lowest BCUT2D eigenvalue weighted by Crippen LogP contribution is -2.64. The fourth-order valence-corrected chi connectivity index (χ4v) is 7.04. The first-order chi connectivity index (χ1) is 23.4. The first-order valence-electron chi connectivity index (χ1n) is 19.1. The van der Waals surface area contributed by atoms with E-state index in [1.807, 2.05) is 6.08 Å². The van der Waals surface area contributed by atoms with Gasteiger partial charge in [-0.25, -0.2) is 4.57 Å². The number of carbonyl (C=O) groups is 1. The van der Waals surface area contributed by atoms with E-state index in [0.29, 0.717) is 6.42 Å². The molecule has 6 unspecified atom stereocenters. The van der Waals surface area contributed by atoms with Gasteiger partial charge in [0.1, 0.15) is 36.6 Å². The maximum absolute atomic E-state index is 12.8. The van der Waals surface area contributed by atoms with Crippen molar-refractivity contribution in [3.05, 3.63) is 12.2 Å². The number of hydrogen-bond donors (Lipinski definition) is 8. The Morgan fingerprint density at radius 1 is 0.673 bits per heavy atom. The molecule has 0 saturated heterocycles. The summed E-state index contributed by atoms with van der Waals surface area (Å²) in [5, 5.41) is 63.5. The molecule has 0 spiro atoms. The van der Waals surface area contributed by atoms with Crippen LogP contribution in [0.15, 0.2) is 12.2 Å². The third-order valence-corrected chi connectivity index (χ3v) is 10.3. The van der Waals surface area contributed by atoms with Crippen molar-refractivity contribution in [2.24, 2.45) is 0 Å². The van der Waals surface area contributed by atoms with Crippen LogP contribution in [-0.4, -0.2) is 96.8 Å². The molecule has 1 rings (SSSR count). The van der Waals surface area contributed by atoms with Gasteiger partial charge in [0.2, 0.25) is 5.91 Å². The second-order valence-electron chi connectivity index (χ2n) is 13.8. The number of rotatable bonds is 30. The molecule has 1 aliphatic rings. The largest absolute Gasteiger partial charge is 0.472 e. The molecule has 0 radical (unpaired) electrons. The predicted molar refractivity (Wildman–Crippen MR) is 191 cm³/mol. The Kier molecular flexibility index (Phi) is 26.1. The Hall–Kier alpha value is -0.920. The Bertz CT molecular complexity index is 894. The third-order valence-electron chi connectivity index (χ3n) is 9.32. The number of phosphoric ester groups is 1. The minimum absolute atomic E-state index is 0.215. The summed E-state index contributed by atoms with van der Waals surface area (Å²) in [6, 6.07) is -1.11. The highest BCUT2D eigenvalue weighted by Gasteiger charge is 2.51. The summed E-state index contributed by atoms with van der Waals surface area (Å²) in [5.74, 6) is -0.347. The molecule has 1 amide bonds. The Morgan fingerprint density at radius 2 is 1.08 bits per heavy atom. The van der Waals surface area contributed by atoms with Crippen LogP contribution in [0.5, 0.6) is 0 Å². The highest BCUT2D eigenvalue weighted by molar-refractivity contribution is 7.47. The molecule has 0 bridgehead atoms. The fourth-order valence-electron chi connectivity index (χ4n) is 6.08. The second kappa shape index (κ2) is 27.7. The van der Waals surface area contributed by atoms with E-state index in [0.717, 1.165) is 44.9 Å². The van der Waals surface area contributed by atoms with E-state index >= 15 is 0 Å². The molecule has 13 heteroatoms. The third kappa shape index (κ3) is 20.6. The van der Waals surface area contributed by atoms with Crippen LogP contribution in [0.3, 0.4) is 0 Å². The molecule has 8 N–H and O–H groups in total.